The van der Waals surface area contributed by atoms with Gasteiger partial charge in [0.25, 0.3) is 5.91 Å². The highest BCUT2D eigenvalue weighted by molar-refractivity contribution is 7.89. The number of ether oxygens (including phenoxy) is 1. The molecule has 1 aromatic heterocycles. The highest BCUT2D eigenvalue weighted by Crippen LogP contribution is 2.27. The van der Waals surface area contributed by atoms with Crippen LogP contribution in [0.25, 0.3) is 11.4 Å². The molecular weight excluding hydrogens is 368 g/mol. The summed E-state index contributed by atoms with van der Waals surface area (Å²) in [6.07, 6.45) is 5.31. The lowest BCUT2D eigenvalue weighted by molar-refractivity contribution is 0.0993. The number of hydrogen-bond acceptors (Lipinski definition) is 6. The van der Waals surface area contributed by atoms with Gasteiger partial charge in [0.05, 0.1) is 4.90 Å². The SMILES string of the molecule is Cc1cc(S(N)(=O)=O)ccc1-c1nc(OC2CCCCC2)cc(C(N)=O)n1. The first-order valence-corrected chi connectivity index (χ1v) is 10.3. The number of carbonyl (C=O) groups is 1. The van der Waals surface area contributed by atoms with E-state index < -0.39 is 15.9 Å². The predicted molar refractivity (Wildman–Crippen MR) is 99.6 cm³/mol. The first-order chi connectivity index (χ1) is 12.7. The molecule has 3 rings (SSSR count). The van der Waals surface area contributed by atoms with Gasteiger partial charge in [-0.2, -0.15) is 4.98 Å². The van der Waals surface area contributed by atoms with Crippen LogP contribution < -0.4 is 15.6 Å². The smallest absolute Gasteiger partial charge is 0.267 e. The topological polar surface area (TPSA) is 138 Å². The van der Waals surface area contributed by atoms with Gasteiger partial charge in [-0.05, 0) is 56.4 Å². The summed E-state index contributed by atoms with van der Waals surface area (Å²) in [5.74, 6) is -0.155. The van der Waals surface area contributed by atoms with Gasteiger partial charge >= 0.3 is 0 Å². The summed E-state index contributed by atoms with van der Waals surface area (Å²) in [4.78, 5) is 20.3. The zero-order valence-electron chi connectivity index (χ0n) is 15.0. The standard InChI is InChI=1S/C18H22N4O4S/c1-11-9-13(27(20,24)25)7-8-14(11)18-21-15(17(19)23)10-16(22-18)26-12-5-3-2-4-6-12/h7-10,12H,2-6H2,1H3,(H2,19,23)(H2,20,24,25). The van der Waals surface area contributed by atoms with Crippen molar-refractivity contribution in [2.45, 2.75) is 50.0 Å². The second-order valence-corrected chi connectivity index (χ2v) is 8.24. The summed E-state index contributed by atoms with van der Waals surface area (Å²) in [5, 5.41) is 5.17. The quantitative estimate of drug-likeness (QED) is 0.799. The van der Waals surface area contributed by atoms with E-state index in [9.17, 15) is 13.2 Å². The van der Waals surface area contributed by atoms with E-state index in [0.717, 1.165) is 25.7 Å². The average Bonchev–Trinajstić information content (AvgIpc) is 2.61. The van der Waals surface area contributed by atoms with Crippen LogP contribution in [0.5, 0.6) is 5.88 Å². The van der Waals surface area contributed by atoms with Gasteiger partial charge in [0.1, 0.15) is 11.8 Å². The van der Waals surface area contributed by atoms with Crippen LogP contribution in [0, 0.1) is 6.92 Å². The van der Waals surface area contributed by atoms with Crippen molar-refractivity contribution in [3.8, 4) is 17.3 Å². The molecule has 144 valence electrons. The molecule has 2 aromatic rings. The Labute approximate surface area is 158 Å². The van der Waals surface area contributed by atoms with E-state index in [0.29, 0.717) is 11.1 Å². The van der Waals surface area contributed by atoms with Crippen molar-refractivity contribution >= 4 is 15.9 Å². The van der Waals surface area contributed by atoms with E-state index in [1.165, 1.54) is 24.6 Å². The van der Waals surface area contributed by atoms with Gasteiger partial charge in [-0.15, -0.1) is 0 Å². The minimum absolute atomic E-state index is 0.00603. The van der Waals surface area contributed by atoms with Crippen LogP contribution in [-0.2, 0) is 10.0 Å². The summed E-state index contributed by atoms with van der Waals surface area (Å²) in [6, 6.07) is 5.81. The van der Waals surface area contributed by atoms with Gasteiger partial charge in [-0.1, -0.05) is 6.42 Å². The normalized spacial score (nSPS) is 15.5. The number of hydrogen-bond donors (Lipinski definition) is 2. The van der Waals surface area contributed by atoms with Crippen LogP contribution in [0.3, 0.4) is 0 Å². The Morgan fingerprint density at radius 3 is 2.44 bits per heavy atom. The molecule has 0 radical (unpaired) electrons. The van der Waals surface area contributed by atoms with Gasteiger partial charge in [0, 0.05) is 11.6 Å². The average molecular weight is 390 g/mol. The van der Waals surface area contributed by atoms with E-state index in [1.54, 1.807) is 13.0 Å². The molecule has 8 nitrogen and oxygen atoms in total. The Kier molecular flexibility index (Phi) is 5.43. The Morgan fingerprint density at radius 2 is 1.85 bits per heavy atom. The molecule has 1 amide bonds. The van der Waals surface area contributed by atoms with Crippen LogP contribution in [0.4, 0.5) is 0 Å². The van der Waals surface area contributed by atoms with E-state index in [4.69, 9.17) is 15.6 Å². The van der Waals surface area contributed by atoms with E-state index in [2.05, 4.69) is 9.97 Å². The third-order valence-electron chi connectivity index (χ3n) is 4.56. The number of rotatable bonds is 5. The van der Waals surface area contributed by atoms with Crippen molar-refractivity contribution in [3.05, 3.63) is 35.5 Å². The zero-order valence-corrected chi connectivity index (χ0v) is 15.8. The lowest BCUT2D eigenvalue weighted by Crippen LogP contribution is -2.21. The van der Waals surface area contributed by atoms with E-state index in [-0.39, 0.29) is 28.4 Å². The maximum absolute atomic E-state index is 11.7. The first kappa shape index (κ1) is 19.2. The van der Waals surface area contributed by atoms with Gasteiger partial charge in [-0.3, -0.25) is 4.79 Å². The minimum Gasteiger partial charge on any atom is -0.474 e. The van der Waals surface area contributed by atoms with Gasteiger partial charge in [0.15, 0.2) is 5.82 Å². The molecule has 27 heavy (non-hydrogen) atoms. The van der Waals surface area contributed by atoms with Crippen molar-refractivity contribution in [1.82, 2.24) is 9.97 Å². The Balaban J connectivity index is 2.00. The van der Waals surface area contributed by atoms with Crippen LogP contribution in [0.2, 0.25) is 0 Å². The molecular formula is C18H22N4O4S. The first-order valence-electron chi connectivity index (χ1n) is 8.73. The fourth-order valence-electron chi connectivity index (χ4n) is 3.15. The van der Waals surface area contributed by atoms with Crippen LogP contribution in [0.15, 0.2) is 29.2 Å². The van der Waals surface area contributed by atoms with Crippen LogP contribution in [0.1, 0.15) is 48.2 Å². The number of carbonyl (C=O) groups excluding carboxylic acids is 1. The van der Waals surface area contributed by atoms with Crippen molar-refractivity contribution in [2.24, 2.45) is 10.9 Å². The Hall–Kier alpha value is -2.52. The van der Waals surface area contributed by atoms with Gasteiger partial charge in [0.2, 0.25) is 15.9 Å². The molecule has 0 bridgehead atoms. The largest absolute Gasteiger partial charge is 0.474 e. The van der Waals surface area contributed by atoms with Gasteiger partial charge < -0.3 is 10.5 Å². The molecule has 4 N–H and O–H groups in total. The molecule has 0 spiro atoms. The molecule has 1 fully saturated rings. The molecule has 0 unspecified atom stereocenters. The molecule has 9 heteroatoms. The molecule has 1 aliphatic carbocycles. The molecule has 0 aliphatic heterocycles. The number of primary sulfonamides is 1. The fourth-order valence-corrected chi connectivity index (χ4v) is 3.75. The third kappa shape index (κ3) is 4.61. The number of nitrogens with zero attached hydrogens (tertiary/aromatic N) is 2. The second kappa shape index (κ2) is 7.61. The van der Waals surface area contributed by atoms with Crippen LogP contribution in [-0.4, -0.2) is 30.4 Å². The van der Waals surface area contributed by atoms with Crippen molar-refractivity contribution < 1.29 is 17.9 Å². The minimum atomic E-state index is -3.81. The molecule has 1 aliphatic rings. The summed E-state index contributed by atoms with van der Waals surface area (Å²) < 4.78 is 29.0. The maximum atomic E-state index is 11.7. The predicted octanol–water partition coefficient (Wildman–Crippen LogP) is 1.91. The zero-order chi connectivity index (χ0) is 19.6. The van der Waals surface area contributed by atoms with Crippen LogP contribution >= 0.6 is 0 Å². The summed E-state index contributed by atoms with van der Waals surface area (Å²) in [7, 11) is -3.81. The van der Waals surface area contributed by atoms with Crippen molar-refractivity contribution in [3.63, 3.8) is 0 Å². The monoisotopic (exact) mass is 390 g/mol. The molecule has 0 atom stereocenters. The molecule has 1 aromatic carbocycles. The fraction of sp³-hybridized carbons (Fsp3) is 0.389. The number of benzene rings is 1. The molecule has 0 saturated heterocycles. The summed E-state index contributed by atoms with van der Waals surface area (Å²) in [5.41, 5.74) is 6.62. The Morgan fingerprint density at radius 1 is 1.15 bits per heavy atom. The second-order valence-electron chi connectivity index (χ2n) is 6.68. The number of aromatic nitrogens is 2. The highest BCUT2D eigenvalue weighted by atomic mass is 32.2. The lowest BCUT2D eigenvalue weighted by atomic mass is 9.98. The lowest BCUT2D eigenvalue weighted by Gasteiger charge is -2.22. The van der Waals surface area contributed by atoms with Crippen molar-refractivity contribution in [2.75, 3.05) is 0 Å². The number of sulfonamides is 1. The summed E-state index contributed by atoms with van der Waals surface area (Å²) in [6.45, 7) is 1.71. The Bertz CT molecular complexity index is 969. The number of nitrogens with two attached hydrogens (primary N) is 2. The number of primary amides is 1. The van der Waals surface area contributed by atoms with Gasteiger partial charge in [-0.25, -0.2) is 18.5 Å². The molecule has 1 heterocycles. The number of aryl methyl sites for hydroxylation is 1. The molecule has 1 saturated carbocycles. The van der Waals surface area contributed by atoms with E-state index >= 15 is 0 Å². The van der Waals surface area contributed by atoms with E-state index in [1.807, 2.05) is 0 Å². The summed E-state index contributed by atoms with van der Waals surface area (Å²) >= 11 is 0. The third-order valence-corrected chi connectivity index (χ3v) is 5.47. The number of amides is 1. The highest BCUT2D eigenvalue weighted by Gasteiger charge is 2.19. The van der Waals surface area contributed by atoms with Crippen molar-refractivity contribution in [1.29, 1.82) is 0 Å². The maximum Gasteiger partial charge on any atom is 0.267 e.